The molecule has 6 heteroatoms. The molecule has 152 valence electrons. The SMILES string of the molecule is CCNC(=NCC(C)(C)N1CCCCC1)NCCN(CCOC)C1CC1. The van der Waals surface area contributed by atoms with Gasteiger partial charge < -0.3 is 15.4 Å². The van der Waals surface area contributed by atoms with Crippen LogP contribution in [-0.2, 0) is 4.74 Å². The summed E-state index contributed by atoms with van der Waals surface area (Å²) in [5.74, 6) is 0.945. The van der Waals surface area contributed by atoms with Gasteiger partial charge in [-0.3, -0.25) is 14.8 Å². The molecular formula is C20H41N5O. The fraction of sp³-hybridized carbons (Fsp3) is 0.950. The maximum absolute atomic E-state index is 5.25. The van der Waals surface area contributed by atoms with E-state index in [-0.39, 0.29) is 5.54 Å². The van der Waals surface area contributed by atoms with E-state index in [0.29, 0.717) is 0 Å². The smallest absolute Gasteiger partial charge is 0.191 e. The second-order valence-electron chi connectivity index (χ2n) is 8.24. The molecule has 2 aliphatic rings. The number of nitrogens with zero attached hydrogens (tertiary/aromatic N) is 3. The Kier molecular flexibility index (Phi) is 9.16. The first kappa shape index (κ1) is 21.5. The highest BCUT2D eigenvalue weighted by Crippen LogP contribution is 2.26. The molecule has 2 rings (SSSR count). The summed E-state index contributed by atoms with van der Waals surface area (Å²) in [6.07, 6.45) is 6.69. The van der Waals surface area contributed by atoms with Crippen molar-refractivity contribution in [2.45, 2.75) is 64.5 Å². The molecule has 2 N–H and O–H groups in total. The molecule has 0 amide bonds. The first-order valence-corrected chi connectivity index (χ1v) is 10.6. The van der Waals surface area contributed by atoms with E-state index in [1.807, 2.05) is 0 Å². The lowest BCUT2D eigenvalue weighted by Gasteiger charge is -2.40. The van der Waals surface area contributed by atoms with Crippen molar-refractivity contribution in [2.24, 2.45) is 4.99 Å². The average Bonchev–Trinajstić information content (AvgIpc) is 3.48. The minimum absolute atomic E-state index is 0.126. The predicted octanol–water partition coefficient (Wildman–Crippen LogP) is 1.92. The zero-order valence-electron chi connectivity index (χ0n) is 17.5. The molecule has 6 nitrogen and oxygen atoms in total. The fourth-order valence-corrected chi connectivity index (χ4v) is 3.66. The first-order chi connectivity index (χ1) is 12.6. The summed E-state index contributed by atoms with van der Waals surface area (Å²) in [7, 11) is 1.78. The van der Waals surface area contributed by atoms with Crippen LogP contribution in [0.5, 0.6) is 0 Å². The van der Waals surface area contributed by atoms with Crippen molar-refractivity contribution in [2.75, 3.05) is 59.5 Å². The van der Waals surface area contributed by atoms with Crippen molar-refractivity contribution >= 4 is 5.96 Å². The van der Waals surface area contributed by atoms with Crippen LogP contribution in [0.2, 0.25) is 0 Å². The lowest BCUT2D eigenvalue weighted by Crippen LogP contribution is -2.50. The Balaban J connectivity index is 1.79. The fourth-order valence-electron chi connectivity index (χ4n) is 3.66. The van der Waals surface area contributed by atoms with Crippen LogP contribution in [0.3, 0.4) is 0 Å². The Labute approximate surface area is 160 Å². The third-order valence-electron chi connectivity index (χ3n) is 5.52. The van der Waals surface area contributed by atoms with Gasteiger partial charge in [-0.1, -0.05) is 6.42 Å². The van der Waals surface area contributed by atoms with Crippen LogP contribution < -0.4 is 10.6 Å². The number of methoxy groups -OCH3 is 1. The minimum Gasteiger partial charge on any atom is -0.383 e. The molecule has 1 saturated carbocycles. The van der Waals surface area contributed by atoms with Crippen molar-refractivity contribution in [3.63, 3.8) is 0 Å². The number of rotatable bonds is 11. The summed E-state index contributed by atoms with van der Waals surface area (Å²) in [6.45, 7) is 14.7. The molecule has 1 aliphatic carbocycles. The van der Waals surface area contributed by atoms with E-state index in [0.717, 1.165) is 51.3 Å². The van der Waals surface area contributed by atoms with E-state index in [1.54, 1.807) is 7.11 Å². The maximum Gasteiger partial charge on any atom is 0.191 e. The summed E-state index contributed by atoms with van der Waals surface area (Å²) >= 11 is 0. The number of hydrogen-bond donors (Lipinski definition) is 2. The van der Waals surface area contributed by atoms with Crippen LogP contribution in [0.4, 0.5) is 0 Å². The number of nitrogens with one attached hydrogen (secondary N) is 2. The van der Waals surface area contributed by atoms with Gasteiger partial charge in [0.15, 0.2) is 5.96 Å². The lowest BCUT2D eigenvalue weighted by atomic mass is 9.99. The summed E-state index contributed by atoms with van der Waals surface area (Å²) < 4.78 is 5.25. The predicted molar refractivity (Wildman–Crippen MR) is 110 cm³/mol. The highest BCUT2D eigenvalue weighted by atomic mass is 16.5. The van der Waals surface area contributed by atoms with E-state index < -0.39 is 0 Å². The van der Waals surface area contributed by atoms with E-state index >= 15 is 0 Å². The van der Waals surface area contributed by atoms with Gasteiger partial charge in [-0.05, 0) is 59.5 Å². The minimum atomic E-state index is 0.126. The van der Waals surface area contributed by atoms with E-state index in [4.69, 9.17) is 9.73 Å². The van der Waals surface area contributed by atoms with E-state index in [1.165, 1.54) is 45.2 Å². The van der Waals surface area contributed by atoms with Gasteiger partial charge in [-0.15, -0.1) is 0 Å². The highest BCUT2D eigenvalue weighted by molar-refractivity contribution is 5.79. The Bertz CT molecular complexity index is 416. The summed E-state index contributed by atoms with van der Waals surface area (Å²) in [6, 6.07) is 0.768. The van der Waals surface area contributed by atoms with Crippen LogP contribution in [0.1, 0.15) is 52.9 Å². The topological polar surface area (TPSA) is 52.1 Å². The average molecular weight is 368 g/mol. The molecule has 0 atom stereocenters. The Morgan fingerprint density at radius 3 is 2.50 bits per heavy atom. The maximum atomic E-state index is 5.25. The van der Waals surface area contributed by atoms with E-state index in [9.17, 15) is 0 Å². The van der Waals surface area contributed by atoms with Gasteiger partial charge in [-0.2, -0.15) is 0 Å². The molecule has 26 heavy (non-hydrogen) atoms. The van der Waals surface area contributed by atoms with Gasteiger partial charge in [-0.25, -0.2) is 0 Å². The standard InChI is InChI=1S/C20H41N5O/c1-5-21-19(22-11-14-24(15-16-26-4)18-9-10-18)23-17-20(2,3)25-12-7-6-8-13-25/h18H,5-17H2,1-4H3,(H2,21,22,23). The number of piperidine rings is 1. The molecule has 0 aromatic rings. The van der Waals surface area contributed by atoms with Gasteiger partial charge in [0.1, 0.15) is 0 Å². The monoisotopic (exact) mass is 367 g/mol. The Morgan fingerprint density at radius 1 is 1.15 bits per heavy atom. The van der Waals surface area contributed by atoms with Crippen molar-refractivity contribution in [3.05, 3.63) is 0 Å². The van der Waals surface area contributed by atoms with Gasteiger partial charge in [0, 0.05) is 44.9 Å². The number of likely N-dealkylation sites (tertiary alicyclic amines) is 1. The third kappa shape index (κ3) is 7.41. The first-order valence-electron chi connectivity index (χ1n) is 10.6. The zero-order chi connectivity index (χ0) is 18.8. The number of hydrogen-bond acceptors (Lipinski definition) is 4. The number of aliphatic imine (C=N–C) groups is 1. The third-order valence-corrected chi connectivity index (χ3v) is 5.52. The molecule has 2 fully saturated rings. The molecule has 0 radical (unpaired) electrons. The molecule has 0 bridgehead atoms. The van der Waals surface area contributed by atoms with Gasteiger partial charge >= 0.3 is 0 Å². The molecule has 0 aromatic heterocycles. The molecule has 0 aromatic carbocycles. The van der Waals surface area contributed by atoms with Crippen molar-refractivity contribution in [1.29, 1.82) is 0 Å². The molecule has 0 spiro atoms. The van der Waals surface area contributed by atoms with Crippen LogP contribution in [0, 0.1) is 0 Å². The normalized spacial score (nSPS) is 19.8. The zero-order valence-corrected chi connectivity index (χ0v) is 17.5. The second kappa shape index (κ2) is 11.1. The van der Waals surface area contributed by atoms with Crippen LogP contribution in [0.15, 0.2) is 4.99 Å². The molecule has 1 heterocycles. The molecule has 1 saturated heterocycles. The van der Waals surface area contributed by atoms with E-state index in [2.05, 4.69) is 41.2 Å². The van der Waals surface area contributed by atoms with Crippen LogP contribution in [-0.4, -0.2) is 86.9 Å². The molecule has 0 unspecified atom stereocenters. The lowest BCUT2D eigenvalue weighted by molar-refractivity contribution is 0.102. The van der Waals surface area contributed by atoms with Gasteiger partial charge in [0.05, 0.1) is 13.2 Å². The highest BCUT2D eigenvalue weighted by Gasteiger charge is 2.29. The van der Waals surface area contributed by atoms with Crippen molar-refractivity contribution in [1.82, 2.24) is 20.4 Å². The summed E-state index contributed by atoms with van der Waals surface area (Å²) in [5, 5.41) is 6.92. The van der Waals surface area contributed by atoms with Crippen molar-refractivity contribution < 1.29 is 4.74 Å². The van der Waals surface area contributed by atoms with Crippen LogP contribution in [0.25, 0.3) is 0 Å². The second-order valence-corrected chi connectivity index (χ2v) is 8.24. The summed E-state index contributed by atoms with van der Waals surface area (Å²) in [5.41, 5.74) is 0.126. The quantitative estimate of drug-likeness (QED) is 0.432. The Morgan fingerprint density at radius 2 is 1.88 bits per heavy atom. The number of ether oxygens (including phenoxy) is 1. The van der Waals surface area contributed by atoms with Crippen molar-refractivity contribution in [3.8, 4) is 0 Å². The summed E-state index contributed by atoms with van der Waals surface area (Å²) in [4.78, 5) is 10.0. The van der Waals surface area contributed by atoms with Gasteiger partial charge in [0.2, 0.25) is 0 Å². The van der Waals surface area contributed by atoms with Crippen LogP contribution >= 0.6 is 0 Å². The van der Waals surface area contributed by atoms with Gasteiger partial charge in [0.25, 0.3) is 0 Å². The Hall–Kier alpha value is -0.850. The number of guanidine groups is 1. The molecular weight excluding hydrogens is 326 g/mol. The largest absolute Gasteiger partial charge is 0.383 e. The molecule has 1 aliphatic heterocycles.